The van der Waals surface area contributed by atoms with Gasteiger partial charge in [0.05, 0.1) is 6.61 Å². The highest BCUT2D eigenvalue weighted by Crippen LogP contribution is 2.25. The van der Waals surface area contributed by atoms with Crippen molar-refractivity contribution in [3.05, 3.63) is 29.3 Å². The van der Waals surface area contributed by atoms with Crippen LogP contribution >= 0.6 is 0 Å². The zero-order valence-electron chi connectivity index (χ0n) is 13.8. The Balaban J connectivity index is 1.51. The van der Waals surface area contributed by atoms with Crippen LogP contribution in [0.5, 0.6) is 5.75 Å². The predicted octanol–water partition coefficient (Wildman–Crippen LogP) is 2.47. The average Bonchev–Trinajstić information content (AvgIpc) is 2.99. The van der Waals surface area contributed by atoms with Crippen molar-refractivity contribution in [2.75, 3.05) is 33.3 Å². The number of nitrogens with zero attached hydrogens (tertiary/aromatic N) is 2. The summed E-state index contributed by atoms with van der Waals surface area (Å²) in [6.07, 6.45) is 4.68. The van der Waals surface area contributed by atoms with E-state index in [2.05, 4.69) is 40.3 Å². The van der Waals surface area contributed by atoms with Crippen LogP contribution in [0.25, 0.3) is 0 Å². The largest absolute Gasteiger partial charge is 0.493 e. The van der Waals surface area contributed by atoms with Crippen LogP contribution in [0.4, 0.5) is 0 Å². The fraction of sp³-hybridized carbons (Fsp3) is 0.611. The van der Waals surface area contributed by atoms with Crippen molar-refractivity contribution in [3.63, 3.8) is 0 Å². The Hall–Kier alpha value is -1.71. The molecule has 0 spiro atoms. The number of hydrogen-bond donors (Lipinski definition) is 1. The van der Waals surface area contributed by atoms with E-state index in [1.165, 1.54) is 24.0 Å². The monoisotopic (exact) mass is 301 g/mol. The average molecular weight is 301 g/mol. The van der Waals surface area contributed by atoms with Gasteiger partial charge in [-0.05, 0) is 42.4 Å². The first-order valence-electron chi connectivity index (χ1n) is 8.46. The molecule has 1 unspecified atom stereocenters. The van der Waals surface area contributed by atoms with E-state index in [9.17, 15) is 0 Å². The number of benzene rings is 1. The quantitative estimate of drug-likeness (QED) is 0.688. The maximum Gasteiger partial charge on any atom is 0.193 e. The molecular formula is C18H27N3O. The van der Waals surface area contributed by atoms with Crippen LogP contribution in [0.15, 0.2) is 23.2 Å². The maximum absolute atomic E-state index is 5.56. The Morgan fingerprint density at radius 2 is 2.36 bits per heavy atom. The van der Waals surface area contributed by atoms with Gasteiger partial charge in [0, 0.05) is 33.1 Å². The lowest BCUT2D eigenvalue weighted by atomic mass is 10.0. The lowest BCUT2D eigenvalue weighted by Gasteiger charge is -2.33. The summed E-state index contributed by atoms with van der Waals surface area (Å²) < 4.78 is 5.56. The molecule has 120 valence electrons. The molecule has 0 radical (unpaired) electrons. The van der Waals surface area contributed by atoms with Crippen LogP contribution in [-0.2, 0) is 12.8 Å². The molecule has 22 heavy (non-hydrogen) atoms. The van der Waals surface area contributed by atoms with Gasteiger partial charge in [-0.3, -0.25) is 4.99 Å². The number of ether oxygens (including phenoxy) is 1. The van der Waals surface area contributed by atoms with Crippen LogP contribution in [0.3, 0.4) is 0 Å². The summed E-state index contributed by atoms with van der Waals surface area (Å²) in [4.78, 5) is 6.84. The zero-order chi connectivity index (χ0) is 15.4. The van der Waals surface area contributed by atoms with Gasteiger partial charge in [-0.2, -0.15) is 0 Å². The molecule has 3 rings (SSSR count). The Kier molecular flexibility index (Phi) is 4.86. The van der Waals surface area contributed by atoms with Crippen LogP contribution < -0.4 is 10.1 Å². The second-order valence-electron chi connectivity index (χ2n) is 6.46. The first-order chi connectivity index (χ1) is 10.8. The molecule has 2 heterocycles. The van der Waals surface area contributed by atoms with E-state index in [-0.39, 0.29) is 0 Å². The molecule has 0 amide bonds. The SMILES string of the molecule is CN=C(NCCc1ccc2c(c1)CCO2)N1CCCC(C)C1. The lowest BCUT2D eigenvalue weighted by molar-refractivity contribution is 0.266. The number of fused-ring (bicyclic) bond motifs is 1. The summed E-state index contributed by atoms with van der Waals surface area (Å²) in [5.41, 5.74) is 2.73. The van der Waals surface area contributed by atoms with E-state index in [0.717, 1.165) is 56.7 Å². The topological polar surface area (TPSA) is 36.9 Å². The predicted molar refractivity (Wildman–Crippen MR) is 90.7 cm³/mol. The normalized spacial score (nSPS) is 21.5. The summed E-state index contributed by atoms with van der Waals surface area (Å²) >= 11 is 0. The van der Waals surface area contributed by atoms with Crippen molar-refractivity contribution in [1.82, 2.24) is 10.2 Å². The highest BCUT2D eigenvalue weighted by Gasteiger charge is 2.19. The first-order valence-corrected chi connectivity index (χ1v) is 8.46. The number of rotatable bonds is 3. The van der Waals surface area contributed by atoms with Gasteiger partial charge in [0.1, 0.15) is 5.75 Å². The molecule has 1 fully saturated rings. The summed E-state index contributed by atoms with van der Waals surface area (Å²) in [6.45, 7) is 6.33. The Bertz CT molecular complexity index is 541. The van der Waals surface area contributed by atoms with Crippen molar-refractivity contribution in [1.29, 1.82) is 0 Å². The molecule has 2 aliphatic rings. The highest BCUT2D eigenvalue weighted by atomic mass is 16.5. The first kappa shape index (κ1) is 15.2. The summed E-state index contributed by atoms with van der Waals surface area (Å²) in [7, 11) is 1.88. The van der Waals surface area contributed by atoms with Gasteiger partial charge in [-0.1, -0.05) is 19.1 Å². The molecule has 4 heteroatoms. The minimum atomic E-state index is 0.768. The number of aliphatic imine (C=N–C) groups is 1. The van der Waals surface area contributed by atoms with Crippen molar-refractivity contribution in [2.24, 2.45) is 10.9 Å². The molecular weight excluding hydrogens is 274 g/mol. The molecule has 0 saturated carbocycles. The van der Waals surface area contributed by atoms with Gasteiger partial charge in [0.25, 0.3) is 0 Å². The van der Waals surface area contributed by atoms with Gasteiger partial charge < -0.3 is 15.0 Å². The van der Waals surface area contributed by atoms with Crippen LogP contribution in [0.2, 0.25) is 0 Å². The van der Waals surface area contributed by atoms with Gasteiger partial charge >= 0.3 is 0 Å². The zero-order valence-corrected chi connectivity index (χ0v) is 13.8. The molecule has 1 N–H and O–H groups in total. The van der Waals surface area contributed by atoms with Gasteiger partial charge in [0.2, 0.25) is 0 Å². The number of guanidine groups is 1. The van der Waals surface area contributed by atoms with E-state index in [4.69, 9.17) is 4.74 Å². The molecule has 0 aliphatic carbocycles. The second kappa shape index (κ2) is 7.03. The van der Waals surface area contributed by atoms with Gasteiger partial charge in [-0.25, -0.2) is 0 Å². The summed E-state index contributed by atoms with van der Waals surface area (Å²) in [5, 5.41) is 3.52. The van der Waals surface area contributed by atoms with Crippen LogP contribution in [0.1, 0.15) is 30.9 Å². The van der Waals surface area contributed by atoms with Crippen molar-refractivity contribution < 1.29 is 4.74 Å². The number of piperidine rings is 1. The summed E-state index contributed by atoms with van der Waals surface area (Å²) in [5.74, 6) is 2.88. The van der Waals surface area contributed by atoms with E-state index in [0.29, 0.717) is 0 Å². The van der Waals surface area contributed by atoms with Crippen molar-refractivity contribution in [2.45, 2.75) is 32.6 Å². The van der Waals surface area contributed by atoms with Gasteiger partial charge in [-0.15, -0.1) is 0 Å². The van der Waals surface area contributed by atoms with Crippen molar-refractivity contribution >= 4 is 5.96 Å². The van der Waals surface area contributed by atoms with E-state index in [1.54, 1.807) is 0 Å². The second-order valence-corrected chi connectivity index (χ2v) is 6.46. The molecule has 1 atom stereocenters. The third-order valence-corrected chi connectivity index (χ3v) is 4.62. The Morgan fingerprint density at radius 1 is 1.45 bits per heavy atom. The molecule has 1 aromatic rings. The van der Waals surface area contributed by atoms with E-state index >= 15 is 0 Å². The number of hydrogen-bond acceptors (Lipinski definition) is 2. The highest BCUT2D eigenvalue weighted by molar-refractivity contribution is 5.80. The molecule has 1 saturated heterocycles. The lowest BCUT2D eigenvalue weighted by Crippen LogP contribution is -2.46. The fourth-order valence-electron chi connectivity index (χ4n) is 3.43. The number of likely N-dealkylation sites (tertiary alicyclic amines) is 1. The van der Waals surface area contributed by atoms with Crippen LogP contribution in [-0.4, -0.2) is 44.1 Å². The fourth-order valence-corrected chi connectivity index (χ4v) is 3.43. The standard InChI is InChI=1S/C18H27N3O/c1-14-4-3-10-21(13-14)18(19-2)20-9-7-15-5-6-17-16(12-15)8-11-22-17/h5-6,12,14H,3-4,7-11,13H2,1-2H3,(H,19,20). The van der Waals surface area contributed by atoms with Crippen molar-refractivity contribution in [3.8, 4) is 5.75 Å². The molecule has 1 aromatic carbocycles. The minimum Gasteiger partial charge on any atom is -0.493 e. The maximum atomic E-state index is 5.56. The third-order valence-electron chi connectivity index (χ3n) is 4.62. The molecule has 0 bridgehead atoms. The smallest absolute Gasteiger partial charge is 0.193 e. The Labute approximate surface area is 133 Å². The third kappa shape index (κ3) is 3.54. The van der Waals surface area contributed by atoms with Gasteiger partial charge in [0.15, 0.2) is 5.96 Å². The molecule has 4 nitrogen and oxygen atoms in total. The molecule has 0 aromatic heterocycles. The van der Waals surface area contributed by atoms with E-state index in [1.807, 2.05) is 7.05 Å². The Morgan fingerprint density at radius 3 is 3.18 bits per heavy atom. The molecule has 2 aliphatic heterocycles. The summed E-state index contributed by atoms with van der Waals surface area (Å²) in [6, 6.07) is 6.58. The van der Waals surface area contributed by atoms with E-state index < -0.39 is 0 Å². The minimum absolute atomic E-state index is 0.768. The number of nitrogens with one attached hydrogen (secondary N) is 1. The van der Waals surface area contributed by atoms with Crippen LogP contribution in [0, 0.1) is 5.92 Å².